The molecule has 2 atom stereocenters. The zero-order valence-corrected chi connectivity index (χ0v) is 14.5. The summed E-state index contributed by atoms with van der Waals surface area (Å²) in [5.74, 6) is -0.160. The second-order valence-electron chi connectivity index (χ2n) is 7.33. The lowest BCUT2D eigenvalue weighted by Crippen LogP contribution is -2.40. The molecule has 23 heavy (non-hydrogen) atoms. The van der Waals surface area contributed by atoms with Gasteiger partial charge in [0.05, 0.1) is 0 Å². The van der Waals surface area contributed by atoms with Crippen molar-refractivity contribution in [2.45, 2.75) is 27.3 Å². The van der Waals surface area contributed by atoms with Gasteiger partial charge in [-0.3, -0.25) is 9.59 Å². The summed E-state index contributed by atoms with van der Waals surface area (Å²) in [7, 11) is 3.84. The van der Waals surface area contributed by atoms with Crippen molar-refractivity contribution in [3.63, 3.8) is 0 Å². The van der Waals surface area contributed by atoms with Crippen LogP contribution in [0.4, 0.5) is 5.82 Å². The fourth-order valence-electron chi connectivity index (χ4n) is 2.84. The Morgan fingerprint density at radius 1 is 1.43 bits per heavy atom. The van der Waals surface area contributed by atoms with Gasteiger partial charge in [-0.05, 0) is 23.1 Å². The SMILES string of the molecule is CN(C)c1cc(CNC(=O)[C@H]2C(=O)NC[C@@H]2C(C)(C)C)ccn1. The summed E-state index contributed by atoms with van der Waals surface area (Å²) in [4.78, 5) is 30.7. The lowest BCUT2D eigenvalue weighted by atomic mass is 9.74. The number of carbonyl (C=O) groups is 2. The van der Waals surface area contributed by atoms with E-state index in [0.717, 1.165) is 11.4 Å². The van der Waals surface area contributed by atoms with Crippen LogP contribution < -0.4 is 15.5 Å². The number of nitrogens with one attached hydrogen (secondary N) is 2. The van der Waals surface area contributed by atoms with Gasteiger partial charge < -0.3 is 15.5 Å². The zero-order valence-electron chi connectivity index (χ0n) is 14.5. The lowest BCUT2D eigenvalue weighted by molar-refractivity contribution is -0.135. The molecule has 2 amide bonds. The highest BCUT2D eigenvalue weighted by molar-refractivity contribution is 6.02. The molecule has 1 fully saturated rings. The topological polar surface area (TPSA) is 74.3 Å². The van der Waals surface area contributed by atoms with Crippen LogP contribution in [0.3, 0.4) is 0 Å². The minimum absolute atomic E-state index is 0.00442. The van der Waals surface area contributed by atoms with E-state index in [0.29, 0.717) is 13.1 Å². The molecular weight excluding hydrogens is 292 g/mol. The fourth-order valence-corrected chi connectivity index (χ4v) is 2.84. The van der Waals surface area contributed by atoms with E-state index in [4.69, 9.17) is 0 Å². The van der Waals surface area contributed by atoms with Gasteiger partial charge in [-0.15, -0.1) is 0 Å². The molecule has 2 rings (SSSR count). The number of hydrogen-bond acceptors (Lipinski definition) is 4. The Bertz CT molecular complexity index is 593. The van der Waals surface area contributed by atoms with Crippen molar-refractivity contribution >= 4 is 17.6 Å². The first-order valence-electron chi connectivity index (χ1n) is 7.88. The number of pyridine rings is 1. The Balaban J connectivity index is 2.04. The number of carbonyl (C=O) groups excluding carboxylic acids is 2. The van der Waals surface area contributed by atoms with Crippen LogP contribution in [0.1, 0.15) is 26.3 Å². The third-order valence-electron chi connectivity index (χ3n) is 4.31. The predicted octanol–water partition coefficient (Wildman–Crippen LogP) is 1.17. The first kappa shape index (κ1) is 17.2. The summed E-state index contributed by atoms with van der Waals surface area (Å²) < 4.78 is 0. The number of amides is 2. The molecule has 0 unspecified atom stereocenters. The van der Waals surface area contributed by atoms with Crippen LogP contribution in [0.25, 0.3) is 0 Å². The van der Waals surface area contributed by atoms with Crippen molar-refractivity contribution in [2.24, 2.45) is 17.3 Å². The summed E-state index contributed by atoms with van der Waals surface area (Å²) in [6.45, 7) is 7.13. The summed E-state index contributed by atoms with van der Waals surface area (Å²) >= 11 is 0. The van der Waals surface area contributed by atoms with Crippen LogP contribution in [0.2, 0.25) is 0 Å². The van der Waals surface area contributed by atoms with E-state index >= 15 is 0 Å². The maximum Gasteiger partial charge on any atom is 0.233 e. The Morgan fingerprint density at radius 2 is 2.13 bits per heavy atom. The van der Waals surface area contributed by atoms with Crippen LogP contribution in [-0.4, -0.2) is 37.4 Å². The smallest absolute Gasteiger partial charge is 0.233 e. The highest BCUT2D eigenvalue weighted by atomic mass is 16.2. The third-order valence-corrected chi connectivity index (χ3v) is 4.31. The average molecular weight is 318 g/mol. The van der Waals surface area contributed by atoms with Crippen molar-refractivity contribution in [3.05, 3.63) is 23.9 Å². The maximum atomic E-state index is 12.5. The quantitative estimate of drug-likeness (QED) is 0.817. The molecule has 1 aliphatic heterocycles. The van der Waals surface area contributed by atoms with Gasteiger partial charge in [0.15, 0.2) is 0 Å². The number of aromatic nitrogens is 1. The van der Waals surface area contributed by atoms with Crippen LogP contribution in [0, 0.1) is 17.3 Å². The van der Waals surface area contributed by atoms with E-state index in [1.807, 2.05) is 31.1 Å². The van der Waals surface area contributed by atoms with Gasteiger partial charge in [-0.2, -0.15) is 0 Å². The van der Waals surface area contributed by atoms with Crippen LogP contribution in [-0.2, 0) is 16.1 Å². The maximum absolute atomic E-state index is 12.5. The highest BCUT2D eigenvalue weighted by Crippen LogP contribution is 2.35. The number of anilines is 1. The third kappa shape index (κ3) is 4.00. The monoisotopic (exact) mass is 318 g/mol. The van der Waals surface area contributed by atoms with Crippen molar-refractivity contribution in [1.82, 2.24) is 15.6 Å². The summed E-state index contributed by atoms with van der Waals surface area (Å²) in [5, 5.41) is 5.71. The van der Waals surface area contributed by atoms with Gasteiger partial charge >= 0.3 is 0 Å². The first-order chi connectivity index (χ1) is 10.7. The number of hydrogen-bond donors (Lipinski definition) is 2. The molecule has 6 nitrogen and oxygen atoms in total. The van der Waals surface area contributed by atoms with Crippen molar-refractivity contribution in [1.29, 1.82) is 0 Å². The Morgan fingerprint density at radius 3 is 2.74 bits per heavy atom. The molecule has 0 aromatic carbocycles. The molecule has 2 heterocycles. The normalized spacial score (nSPS) is 21.0. The largest absolute Gasteiger partial charge is 0.363 e. The van der Waals surface area contributed by atoms with Gasteiger partial charge in [0, 0.05) is 39.3 Å². The Labute approximate surface area is 137 Å². The molecule has 0 radical (unpaired) electrons. The average Bonchev–Trinajstić information content (AvgIpc) is 2.87. The molecule has 0 bridgehead atoms. The molecule has 1 saturated heterocycles. The lowest BCUT2D eigenvalue weighted by Gasteiger charge is -2.29. The second-order valence-corrected chi connectivity index (χ2v) is 7.33. The minimum atomic E-state index is -0.620. The van der Waals surface area contributed by atoms with E-state index in [2.05, 4.69) is 36.4 Å². The van der Waals surface area contributed by atoms with Crippen molar-refractivity contribution < 1.29 is 9.59 Å². The summed E-state index contributed by atoms with van der Waals surface area (Å²) in [6.07, 6.45) is 1.72. The number of nitrogens with zero attached hydrogens (tertiary/aromatic N) is 2. The molecule has 6 heteroatoms. The standard InChI is InChI=1S/C17H26N4O2/c1-17(2,3)12-10-20-16(23)14(12)15(22)19-9-11-6-7-18-13(8-11)21(4)5/h6-8,12,14H,9-10H2,1-5H3,(H,19,22)(H,20,23)/t12-,14-/m0/s1. The van der Waals surface area contributed by atoms with Gasteiger partial charge in [-0.25, -0.2) is 4.98 Å². The van der Waals surface area contributed by atoms with E-state index < -0.39 is 5.92 Å². The van der Waals surface area contributed by atoms with Crippen LogP contribution in [0.15, 0.2) is 18.3 Å². The molecule has 1 aromatic rings. The van der Waals surface area contributed by atoms with E-state index in [1.165, 1.54) is 0 Å². The van der Waals surface area contributed by atoms with Crippen LogP contribution in [0.5, 0.6) is 0 Å². The molecule has 0 aliphatic carbocycles. The molecule has 126 valence electrons. The second kappa shape index (κ2) is 6.56. The molecule has 1 aliphatic rings. The van der Waals surface area contributed by atoms with E-state index in [1.54, 1.807) is 6.20 Å². The van der Waals surface area contributed by atoms with Crippen molar-refractivity contribution in [3.8, 4) is 0 Å². The number of rotatable bonds is 4. The minimum Gasteiger partial charge on any atom is -0.363 e. The van der Waals surface area contributed by atoms with E-state index in [-0.39, 0.29) is 23.1 Å². The van der Waals surface area contributed by atoms with Gasteiger partial charge in [0.2, 0.25) is 11.8 Å². The van der Waals surface area contributed by atoms with Crippen LogP contribution >= 0.6 is 0 Å². The molecular formula is C17H26N4O2. The predicted molar refractivity (Wildman–Crippen MR) is 89.9 cm³/mol. The molecule has 0 saturated carbocycles. The van der Waals surface area contributed by atoms with E-state index in [9.17, 15) is 9.59 Å². The Kier molecular flexibility index (Phi) is 4.92. The zero-order chi connectivity index (χ0) is 17.2. The van der Waals surface area contributed by atoms with Gasteiger partial charge in [0.25, 0.3) is 0 Å². The summed E-state index contributed by atoms with van der Waals surface area (Å²) in [5.41, 5.74) is 0.860. The first-order valence-corrected chi connectivity index (χ1v) is 7.88. The highest BCUT2D eigenvalue weighted by Gasteiger charge is 2.45. The summed E-state index contributed by atoms with van der Waals surface area (Å²) in [6, 6.07) is 3.79. The molecule has 2 N–H and O–H groups in total. The van der Waals surface area contributed by atoms with Gasteiger partial charge in [0.1, 0.15) is 11.7 Å². The van der Waals surface area contributed by atoms with Gasteiger partial charge in [-0.1, -0.05) is 20.8 Å². The molecule has 0 spiro atoms. The van der Waals surface area contributed by atoms with Crippen molar-refractivity contribution in [2.75, 3.05) is 25.5 Å². The molecule has 1 aromatic heterocycles. The fraction of sp³-hybridized carbons (Fsp3) is 0.588. The Hall–Kier alpha value is -2.11.